The summed E-state index contributed by atoms with van der Waals surface area (Å²) in [5.41, 5.74) is 0. The molecule has 2 atom stereocenters. The van der Waals surface area contributed by atoms with Crippen molar-refractivity contribution in [2.45, 2.75) is 38.8 Å². The van der Waals surface area contributed by atoms with Gasteiger partial charge in [-0.15, -0.1) is 0 Å². The third-order valence-electron chi connectivity index (χ3n) is 2.77. The maximum Gasteiger partial charge on any atom is 0.108 e. The van der Waals surface area contributed by atoms with Gasteiger partial charge in [-0.1, -0.05) is 6.92 Å². The molecule has 0 bridgehead atoms. The van der Waals surface area contributed by atoms with E-state index in [1.54, 1.807) is 0 Å². The van der Waals surface area contributed by atoms with Crippen LogP contribution in [0.5, 0.6) is 0 Å². The van der Waals surface area contributed by atoms with E-state index in [-0.39, 0.29) is 12.1 Å². The average molecular weight is 225 g/mol. The van der Waals surface area contributed by atoms with Crippen LogP contribution >= 0.6 is 0 Å². The lowest BCUT2D eigenvalue weighted by atomic mass is 10.2. The van der Waals surface area contributed by atoms with Gasteiger partial charge in [0.05, 0.1) is 12.2 Å². The van der Waals surface area contributed by atoms with Crippen molar-refractivity contribution in [1.82, 2.24) is 10.2 Å². The highest BCUT2D eigenvalue weighted by Crippen LogP contribution is 2.05. The number of hydrogen-bond acceptors (Lipinski definition) is 4. The monoisotopic (exact) mass is 225 g/mol. The predicted molar refractivity (Wildman–Crippen MR) is 64.2 cm³/mol. The highest BCUT2D eigenvalue weighted by Gasteiger charge is 2.18. The van der Waals surface area contributed by atoms with Gasteiger partial charge in [0.1, 0.15) is 6.04 Å². The fourth-order valence-electron chi connectivity index (χ4n) is 1.97. The van der Waals surface area contributed by atoms with Gasteiger partial charge in [-0.3, -0.25) is 4.90 Å². The van der Waals surface area contributed by atoms with Crippen molar-refractivity contribution in [3.05, 3.63) is 0 Å². The molecule has 0 amide bonds. The lowest BCUT2D eigenvalue weighted by molar-refractivity contribution is 0.0672. The molecule has 1 fully saturated rings. The van der Waals surface area contributed by atoms with Crippen molar-refractivity contribution in [1.29, 1.82) is 5.26 Å². The number of hydrogen-bond donors (Lipinski definition) is 1. The van der Waals surface area contributed by atoms with Gasteiger partial charge in [-0.25, -0.2) is 0 Å². The van der Waals surface area contributed by atoms with Gasteiger partial charge in [0.15, 0.2) is 0 Å². The van der Waals surface area contributed by atoms with Crippen molar-refractivity contribution >= 4 is 0 Å². The standard InChI is InChI=1S/C12H23N3O/c1-3-5-14-12(8-13)10-15-6-4-7-16-11(2)9-15/h11-12,14H,3-7,9-10H2,1-2H3. The first-order valence-corrected chi connectivity index (χ1v) is 6.23. The SMILES string of the molecule is CCCNC(C#N)CN1CCCOC(C)C1. The number of rotatable bonds is 5. The minimum absolute atomic E-state index is 0.0507. The molecule has 0 aromatic heterocycles. The van der Waals surface area contributed by atoms with E-state index in [4.69, 9.17) is 10.00 Å². The normalized spacial score (nSPS) is 24.7. The molecule has 0 aliphatic carbocycles. The molecule has 0 radical (unpaired) electrons. The van der Waals surface area contributed by atoms with Crippen LogP contribution in [0.3, 0.4) is 0 Å². The van der Waals surface area contributed by atoms with Gasteiger partial charge in [0.2, 0.25) is 0 Å². The van der Waals surface area contributed by atoms with Crippen molar-refractivity contribution in [3.63, 3.8) is 0 Å². The van der Waals surface area contributed by atoms with Gasteiger partial charge in [-0.2, -0.15) is 5.26 Å². The molecule has 16 heavy (non-hydrogen) atoms. The first kappa shape index (κ1) is 13.4. The van der Waals surface area contributed by atoms with Gasteiger partial charge in [0, 0.05) is 26.2 Å². The summed E-state index contributed by atoms with van der Waals surface area (Å²) < 4.78 is 5.58. The molecule has 1 rings (SSSR count). The Morgan fingerprint density at radius 2 is 2.44 bits per heavy atom. The van der Waals surface area contributed by atoms with Crippen LogP contribution in [0.2, 0.25) is 0 Å². The summed E-state index contributed by atoms with van der Waals surface area (Å²) in [7, 11) is 0. The molecule has 2 unspecified atom stereocenters. The first-order valence-electron chi connectivity index (χ1n) is 6.23. The summed E-state index contributed by atoms with van der Waals surface area (Å²) in [6.45, 7) is 8.75. The summed E-state index contributed by atoms with van der Waals surface area (Å²) in [4.78, 5) is 2.33. The Kier molecular flexibility index (Phi) is 6.39. The van der Waals surface area contributed by atoms with E-state index < -0.39 is 0 Å². The Labute approximate surface area is 98.6 Å². The van der Waals surface area contributed by atoms with Crippen LogP contribution in [-0.2, 0) is 4.74 Å². The minimum Gasteiger partial charge on any atom is -0.377 e. The molecule has 1 N–H and O–H groups in total. The van der Waals surface area contributed by atoms with E-state index in [9.17, 15) is 0 Å². The Bertz CT molecular complexity index is 227. The van der Waals surface area contributed by atoms with Crippen LogP contribution in [-0.4, -0.2) is 49.8 Å². The molecule has 1 saturated heterocycles. The fourth-order valence-corrected chi connectivity index (χ4v) is 1.97. The maximum absolute atomic E-state index is 9.05. The van der Waals surface area contributed by atoms with E-state index >= 15 is 0 Å². The summed E-state index contributed by atoms with van der Waals surface area (Å²) >= 11 is 0. The lowest BCUT2D eigenvalue weighted by Gasteiger charge is -2.24. The first-order chi connectivity index (χ1) is 7.76. The van der Waals surface area contributed by atoms with Crippen molar-refractivity contribution < 1.29 is 4.74 Å². The summed E-state index contributed by atoms with van der Waals surface area (Å²) in [5, 5.41) is 12.3. The third-order valence-corrected chi connectivity index (χ3v) is 2.77. The molecule has 1 heterocycles. The number of ether oxygens (including phenoxy) is 1. The summed E-state index contributed by atoms with van der Waals surface area (Å²) in [6.07, 6.45) is 2.42. The maximum atomic E-state index is 9.05. The molecule has 0 saturated carbocycles. The molecular formula is C12H23N3O. The van der Waals surface area contributed by atoms with E-state index in [0.717, 1.165) is 45.6 Å². The molecule has 1 aliphatic rings. The smallest absolute Gasteiger partial charge is 0.108 e. The Hall–Kier alpha value is -0.630. The minimum atomic E-state index is -0.0507. The second-order valence-corrected chi connectivity index (χ2v) is 4.43. The number of nitrogens with one attached hydrogen (secondary N) is 1. The number of nitriles is 1. The van der Waals surface area contributed by atoms with Crippen molar-refractivity contribution in [3.8, 4) is 6.07 Å². The second kappa shape index (κ2) is 7.61. The topological polar surface area (TPSA) is 48.3 Å². The molecule has 4 heteroatoms. The zero-order chi connectivity index (χ0) is 11.8. The van der Waals surface area contributed by atoms with Gasteiger partial charge in [0.25, 0.3) is 0 Å². The van der Waals surface area contributed by atoms with Crippen LogP contribution in [0, 0.1) is 11.3 Å². The van der Waals surface area contributed by atoms with Crippen LogP contribution < -0.4 is 5.32 Å². The zero-order valence-electron chi connectivity index (χ0n) is 10.4. The Morgan fingerprint density at radius 3 is 3.12 bits per heavy atom. The highest BCUT2D eigenvalue weighted by molar-refractivity contribution is 4.92. The zero-order valence-corrected chi connectivity index (χ0v) is 10.4. The Morgan fingerprint density at radius 1 is 1.62 bits per heavy atom. The second-order valence-electron chi connectivity index (χ2n) is 4.43. The van der Waals surface area contributed by atoms with E-state index in [0.29, 0.717) is 0 Å². The van der Waals surface area contributed by atoms with E-state index in [2.05, 4.69) is 30.1 Å². The molecule has 0 spiro atoms. The molecule has 0 aromatic carbocycles. The van der Waals surface area contributed by atoms with Gasteiger partial charge < -0.3 is 10.1 Å². The average Bonchev–Trinajstić information content (AvgIpc) is 2.48. The quantitative estimate of drug-likeness (QED) is 0.758. The van der Waals surface area contributed by atoms with Crippen LogP contribution in [0.25, 0.3) is 0 Å². The van der Waals surface area contributed by atoms with E-state index in [1.807, 2.05) is 0 Å². The summed E-state index contributed by atoms with van der Waals surface area (Å²) in [6, 6.07) is 2.28. The fraction of sp³-hybridized carbons (Fsp3) is 0.917. The van der Waals surface area contributed by atoms with Crippen molar-refractivity contribution in [2.24, 2.45) is 0 Å². The van der Waals surface area contributed by atoms with Crippen LogP contribution in [0.4, 0.5) is 0 Å². The Balaban J connectivity index is 2.34. The van der Waals surface area contributed by atoms with Gasteiger partial charge in [-0.05, 0) is 26.3 Å². The predicted octanol–water partition coefficient (Wildman–Crippen LogP) is 0.989. The molecular weight excluding hydrogens is 202 g/mol. The van der Waals surface area contributed by atoms with E-state index in [1.165, 1.54) is 0 Å². The van der Waals surface area contributed by atoms with Gasteiger partial charge >= 0.3 is 0 Å². The molecule has 92 valence electrons. The highest BCUT2D eigenvalue weighted by atomic mass is 16.5. The number of nitrogens with zero attached hydrogens (tertiary/aromatic N) is 2. The largest absolute Gasteiger partial charge is 0.377 e. The molecule has 0 aromatic rings. The molecule has 4 nitrogen and oxygen atoms in total. The summed E-state index contributed by atoms with van der Waals surface area (Å²) in [5.74, 6) is 0. The van der Waals surface area contributed by atoms with Crippen molar-refractivity contribution in [2.75, 3.05) is 32.8 Å². The third kappa shape index (κ3) is 4.93. The van der Waals surface area contributed by atoms with Crippen LogP contribution in [0.15, 0.2) is 0 Å². The van der Waals surface area contributed by atoms with Crippen LogP contribution in [0.1, 0.15) is 26.7 Å². The lowest BCUT2D eigenvalue weighted by Crippen LogP contribution is -2.42. The molecule has 1 aliphatic heterocycles.